The topological polar surface area (TPSA) is 37.2 Å². The van der Waals surface area contributed by atoms with Crippen molar-refractivity contribution in [3.05, 3.63) is 30.0 Å². The van der Waals surface area contributed by atoms with Gasteiger partial charge in [0.1, 0.15) is 5.76 Å². The van der Waals surface area contributed by atoms with E-state index >= 15 is 0 Å². The fourth-order valence-electron chi connectivity index (χ4n) is 1.71. The van der Waals surface area contributed by atoms with Crippen LogP contribution in [0.2, 0.25) is 0 Å². The van der Waals surface area contributed by atoms with Crippen molar-refractivity contribution in [1.29, 1.82) is 0 Å². The van der Waals surface area contributed by atoms with Crippen LogP contribution in [-0.2, 0) is 0 Å². The van der Waals surface area contributed by atoms with Crippen molar-refractivity contribution in [3.8, 4) is 0 Å². The molecule has 1 heterocycles. The van der Waals surface area contributed by atoms with Gasteiger partial charge in [-0.3, -0.25) is 0 Å². The summed E-state index contributed by atoms with van der Waals surface area (Å²) in [6.45, 7) is 6.03. The summed E-state index contributed by atoms with van der Waals surface area (Å²) in [5, 5.41) is 7.99. The van der Waals surface area contributed by atoms with Crippen LogP contribution in [0.4, 0.5) is 5.69 Å². The predicted molar refractivity (Wildman–Crippen MR) is 75.4 cm³/mol. The Kier molecular flexibility index (Phi) is 3.33. The number of para-hydroxylation sites is 1. The molecule has 17 heavy (non-hydrogen) atoms. The molecule has 0 aliphatic rings. The number of benzene rings is 1. The summed E-state index contributed by atoms with van der Waals surface area (Å²) in [6, 6.07) is 8.29. The molecule has 0 spiro atoms. The van der Waals surface area contributed by atoms with Gasteiger partial charge in [0.05, 0.1) is 5.69 Å². The highest BCUT2D eigenvalue weighted by Gasteiger charge is 2.07. The summed E-state index contributed by atoms with van der Waals surface area (Å²) < 4.78 is 5.65. The number of nitrogens with one attached hydrogen (secondary N) is 2. The Morgan fingerprint density at radius 3 is 2.82 bits per heavy atom. The molecule has 1 aromatic carbocycles. The lowest BCUT2D eigenvalue weighted by atomic mass is 10.2. The quantitative estimate of drug-likeness (QED) is 0.798. The van der Waals surface area contributed by atoms with Gasteiger partial charge in [0.25, 0.3) is 0 Å². The molecule has 0 amide bonds. The summed E-state index contributed by atoms with van der Waals surface area (Å²) in [5.74, 6) is 0.900. The predicted octanol–water partition coefficient (Wildman–Crippen LogP) is 3.44. The summed E-state index contributed by atoms with van der Waals surface area (Å²) in [7, 11) is 0. The van der Waals surface area contributed by atoms with Crippen molar-refractivity contribution in [2.75, 3.05) is 5.32 Å². The molecule has 0 atom stereocenters. The van der Waals surface area contributed by atoms with Crippen LogP contribution in [0, 0.1) is 6.92 Å². The van der Waals surface area contributed by atoms with Gasteiger partial charge >= 0.3 is 0 Å². The van der Waals surface area contributed by atoms with Gasteiger partial charge in [-0.1, -0.05) is 12.1 Å². The van der Waals surface area contributed by atoms with Crippen molar-refractivity contribution in [2.24, 2.45) is 0 Å². The summed E-state index contributed by atoms with van der Waals surface area (Å²) in [5.41, 5.74) is 1.74. The molecule has 0 saturated carbocycles. The molecule has 2 rings (SSSR count). The first-order chi connectivity index (χ1) is 8.06. The zero-order valence-corrected chi connectivity index (χ0v) is 11.0. The van der Waals surface area contributed by atoms with Gasteiger partial charge in [-0.2, -0.15) is 0 Å². The molecule has 0 aliphatic carbocycles. The maximum Gasteiger partial charge on any atom is 0.171 e. The summed E-state index contributed by atoms with van der Waals surface area (Å²) in [6.07, 6.45) is 0. The van der Waals surface area contributed by atoms with Gasteiger partial charge in [-0.05, 0) is 45.1 Å². The SMILES string of the molecule is Cc1cc2cccc(NC(=S)NC(C)C)c2o1. The van der Waals surface area contributed by atoms with E-state index in [-0.39, 0.29) is 0 Å². The molecule has 90 valence electrons. The third kappa shape index (κ3) is 2.77. The van der Waals surface area contributed by atoms with E-state index in [1.165, 1.54) is 0 Å². The number of furan rings is 1. The van der Waals surface area contributed by atoms with Crippen molar-refractivity contribution in [2.45, 2.75) is 26.8 Å². The molecule has 2 N–H and O–H groups in total. The zero-order chi connectivity index (χ0) is 12.4. The van der Waals surface area contributed by atoms with Gasteiger partial charge in [-0.15, -0.1) is 0 Å². The van der Waals surface area contributed by atoms with E-state index in [2.05, 4.69) is 10.6 Å². The Morgan fingerprint density at radius 1 is 1.35 bits per heavy atom. The molecule has 4 heteroatoms. The number of fused-ring (bicyclic) bond motifs is 1. The highest BCUT2D eigenvalue weighted by atomic mass is 32.1. The molecule has 2 aromatic rings. The first-order valence-electron chi connectivity index (χ1n) is 5.63. The number of hydrogen-bond donors (Lipinski definition) is 2. The lowest BCUT2D eigenvalue weighted by molar-refractivity contribution is 0.579. The van der Waals surface area contributed by atoms with E-state index in [1.807, 2.05) is 45.0 Å². The Balaban J connectivity index is 2.26. The fourth-order valence-corrected chi connectivity index (χ4v) is 2.06. The molecule has 0 radical (unpaired) electrons. The Bertz CT molecular complexity index is 545. The van der Waals surface area contributed by atoms with Crippen LogP contribution in [0.25, 0.3) is 11.0 Å². The van der Waals surface area contributed by atoms with Crippen molar-refractivity contribution < 1.29 is 4.42 Å². The highest BCUT2D eigenvalue weighted by molar-refractivity contribution is 7.80. The molecule has 0 saturated heterocycles. The first-order valence-corrected chi connectivity index (χ1v) is 6.04. The first kappa shape index (κ1) is 11.9. The standard InChI is InChI=1S/C13H16N2OS/c1-8(2)14-13(17)15-11-6-4-5-10-7-9(3)16-12(10)11/h4-8H,1-3H3,(H2,14,15,17). The van der Waals surface area contributed by atoms with Crippen LogP contribution in [0.5, 0.6) is 0 Å². The Morgan fingerprint density at radius 2 is 2.12 bits per heavy atom. The van der Waals surface area contributed by atoms with Gasteiger partial charge in [-0.25, -0.2) is 0 Å². The third-order valence-electron chi connectivity index (χ3n) is 2.34. The third-order valence-corrected chi connectivity index (χ3v) is 2.56. The second-order valence-electron chi connectivity index (χ2n) is 4.33. The minimum absolute atomic E-state index is 0.313. The molecule has 1 aromatic heterocycles. The van der Waals surface area contributed by atoms with E-state index in [4.69, 9.17) is 16.6 Å². The summed E-state index contributed by atoms with van der Waals surface area (Å²) >= 11 is 5.22. The van der Waals surface area contributed by atoms with Crippen LogP contribution < -0.4 is 10.6 Å². The number of anilines is 1. The van der Waals surface area contributed by atoms with Crippen molar-refractivity contribution in [3.63, 3.8) is 0 Å². The minimum atomic E-state index is 0.313. The maximum atomic E-state index is 5.65. The largest absolute Gasteiger partial charge is 0.459 e. The zero-order valence-electron chi connectivity index (χ0n) is 10.2. The molecular weight excluding hydrogens is 232 g/mol. The molecular formula is C13H16N2OS. The highest BCUT2D eigenvalue weighted by Crippen LogP contribution is 2.26. The van der Waals surface area contributed by atoms with E-state index in [9.17, 15) is 0 Å². The Hall–Kier alpha value is -1.55. The molecule has 3 nitrogen and oxygen atoms in total. The fraction of sp³-hybridized carbons (Fsp3) is 0.308. The maximum absolute atomic E-state index is 5.65. The van der Waals surface area contributed by atoms with Gasteiger partial charge in [0.2, 0.25) is 0 Å². The monoisotopic (exact) mass is 248 g/mol. The molecule has 0 aliphatic heterocycles. The number of aryl methyl sites for hydroxylation is 1. The average Bonchev–Trinajstić information content (AvgIpc) is 2.58. The number of hydrogen-bond acceptors (Lipinski definition) is 2. The summed E-state index contributed by atoms with van der Waals surface area (Å²) in [4.78, 5) is 0. The van der Waals surface area contributed by atoms with Crippen LogP contribution >= 0.6 is 12.2 Å². The van der Waals surface area contributed by atoms with Crippen LogP contribution in [-0.4, -0.2) is 11.2 Å². The Labute approximate surface area is 106 Å². The van der Waals surface area contributed by atoms with Gasteiger partial charge < -0.3 is 15.1 Å². The number of thiocarbonyl (C=S) groups is 1. The van der Waals surface area contributed by atoms with Gasteiger partial charge in [0.15, 0.2) is 10.7 Å². The molecule has 0 unspecified atom stereocenters. The van der Waals surface area contributed by atoms with Crippen molar-refractivity contribution >= 4 is 34.0 Å². The van der Waals surface area contributed by atoms with Crippen LogP contribution in [0.1, 0.15) is 19.6 Å². The molecule has 0 bridgehead atoms. The second kappa shape index (κ2) is 4.75. The lowest BCUT2D eigenvalue weighted by Crippen LogP contribution is -2.33. The van der Waals surface area contributed by atoms with Crippen LogP contribution in [0.3, 0.4) is 0 Å². The van der Waals surface area contributed by atoms with E-state index in [0.29, 0.717) is 11.2 Å². The molecule has 0 fully saturated rings. The van der Waals surface area contributed by atoms with Gasteiger partial charge in [0, 0.05) is 11.4 Å². The van der Waals surface area contributed by atoms with Crippen LogP contribution in [0.15, 0.2) is 28.7 Å². The lowest BCUT2D eigenvalue weighted by Gasteiger charge is -2.13. The minimum Gasteiger partial charge on any atom is -0.459 e. The normalized spacial score (nSPS) is 10.8. The smallest absolute Gasteiger partial charge is 0.171 e. The van der Waals surface area contributed by atoms with E-state index in [0.717, 1.165) is 22.4 Å². The average molecular weight is 248 g/mol. The van der Waals surface area contributed by atoms with E-state index < -0.39 is 0 Å². The second-order valence-corrected chi connectivity index (χ2v) is 4.74. The number of rotatable bonds is 2. The van der Waals surface area contributed by atoms with Crippen molar-refractivity contribution in [1.82, 2.24) is 5.32 Å². The van der Waals surface area contributed by atoms with E-state index in [1.54, 1.807) is 0 Å².